The van der Waals surface area contributed by atoms with Gasteiger partial charge >= 0.3 is 0 Å². The highest BCUT2D eigenvalue weighted by Gasteiger charge is 2.14. The molecule has 1 aromatic rings. The van der Waals surface area contributed by atoms with Gasteiger partial charge in [-0.05, 0) is 20.8 Å². The van der Waals surface area contributed by atoms with E-state index < -0.39 is 0 Å². The number of phenolic OH excluding ortho intramolecular Hbond substituents is 1. The SMILES string of the molecule is CCOc1cc(O)cc(OCC)c1OCC. The summed E-state index contributed by atoms with van der Waals surface area (Å²) in [7, 11) is 0. The van der Waals surface area contributed by atoms with Crippen molar-refractivity contribution in [2.24, 2.45) is 0 Å². The maximum Gasteiger partial charge on any atom is 0.203 e. The Morgan fingerprint density at radius 2 is 1.31 bits per heavy atom. The second-order valence-corrected chi connectivity index (χ2v) is 3.07. The Balaban J connectivity index is 3.12. The van der Waals surface area contributed by atoms with E-state index in [1.165, 1.54) is 12.1 Å². The van der Waals surface area contributed by atoms with Crippen LogP contribution >= 0.6 is 0 Å². The number of phenols is 1. The van der Waals surface area contributed by atoms with Gasteiger partial charge in [0.15, 0.2) is 11.5 Å². The van der Waals surface area contributed by atoms with E-state index in [2.05, 4.69) is 0 Å². The average Bonchev–Trinajstić information content (AvgIpc) is 2.24. The zero-order valence-corrected chi connectivity index (χ0v) is 9.95. The Bertz CT molecular complexity index is 309. The van der Waals surface area contributed by atoms with Crippen LogP contribution in [-0.2, 0) is 0 Å². The summed E-state index contributed by atoms with van der Waals surface area (Å²) in [4.78, 5) is 0. The number of rotatable bonds is 6. The van der Waals surface area contributed by atoms with Gasteiger partial charge in [-0.15, -0.1) is 0 Å². The minimum Gasteiger partial charge on any atom is -0.508 e. The predicted molar refractivity (Wildman–Crippen MR) is 61.6 cm³/mol. The van der Waals surface area contributed by atoms with Crippen LogP contribution in [0.2, 0.25) is 0 Å². The molecule has 4 heteroatoms. The lowest BCUT2D eigenvalue weighted by Crippen LogP contribution is -2.02. The first-order valence-corrected chi connectivity index (χ1v) is 5.48. The van der Waals surface area contributed by atoms with Gasteiger partial charge in [0.25, 0.3) is 0 Å². The van der Waals surface area contributed by atoms with Crippen LogP contribution in [0.1, 0.15) is 20.8 Å². The fourth-order valence-corrected chi connectivity index (χ4v) is 1.37. The van der Waals surface area contributed by atoms with Crippen molar-refractivity contribution in [1.82, 2.24) is 0 Å². The molecule has 0 bridgehead atoms. The molecule has 0 radical (unpaired) electrons. The lowest BCUT2D eigenvalue weighted by atomic mass is 10.2. The molecule has 1 N–H and O–H groups in total. The zero-order valence-electron chi connectivity index (χ0n) is 9.95. The van der Waals surface area contributed by atoms with Gasteiger partial charge in [0.1, 0.15) is 5.75 Å². The molecule has 0 atom stereocenters. The van der Waals surface area contributed by atoms with Crippen molar-refractivity contribution in [1.29, 1.82) is 0 Å². The van der Waals surface area contributed by atoms with Gasteiger partial charge in [0.2, 0.25) is 5.75 Å². The van der Waals surface area contributed by atoms with E-state index in [9.17, 15) is 5.11 Å². The van der Waals surface area contributed by atoms with Gasteiger partial charge in [-0.1, -0.05) is 0 Å². The molecule has 0 aliphatic carbocycles. The molecule has 1 rings (SSSR count). The Hall–Kier alpha value is -1.58. The van der Waals surface area contributed by atoms with E-state index in [4.69, 9.17) is 14.2 Å². The maximum atomic E-state index is 9.52. The summed E-state index contributed by atoms with van der Waals surface area (Å²) < 4.78 is 16.3. The molecule has 0 fully saturated rings. The number of ether oxygens (including phenoxy) is 3. The second-order valence-electron chi connectivity index (χ2n) is 3.07. The normalized spacial score (nSPS) is 9.94. The smallest absolute Gasteiger partial charge is 0.203 e. The van der Waals surface area contributed by atoms with Crippen molar-refractivity contribution in [3.8, 4) is 23.0 Å². The number of aromatic hydroxyl groups is 1. The minimum atomic E-state index is 0.107. The van der Waals surface area contributed by atoms with Gasteiger partial charge in [-0.2, -0.15) is 0 Å². The molecule has 0 saturated heterocycles. The van der Waals surface area contributed by atoms with Crippen LogP contribution < -0.4 is 14.2 Å². The van der Waals surface area contributed by atoms with Crippen molar-refractivity contribution in [3.63, 3.8) is 0 Å². The van der Waals surface area contributed by atoms with Crippen LogP contribution in [0, 0.1) is 0 Å². The Morgan fingerprint density at radius 1 is 0.875 bits per heavy atom. The second kappa shape index (κ2) is 6.10. The summed E-state index contributed by atoms with van der Waals surface area (Å²) in [6, 6.07) is 3.05. The maximum absolute atomic E-state index is 9.52. The van der Waals surface area contributed by atoms with Crippen LogP contribution in [0.3, 0.4) is 0 Å². The standard InChI is InChI=1S/C12H18O4/c1-4-14-10-7-9(13)8-11(15-5-2)12(10)16-6-3/h7-8,13H,4-6H2,1-3H3. The topological polar surface area (TPSA) is 47.9 Å². The van der Waals surface area contributed by atoms with Crippen LogP contribution in [0.5, 0.6) is 23.0 Å². The highest BCUT2D eigenvalue weighted by Crippen LogP contribution is 2.41. The van der Waals surface area contributed by atoms with Crippen LogP contribution in [-0.4, -0.2) is 24.9 Å². The van der Waals surface area contributed by atoms with E-state index in [1.54, 1.807) is 0 Å². The van der Waals surface area contributed by atoms with Crippen molar-refractivity contribution < 1.29 is 19.3 Å². The van der Waals surface area contributed by atoms with Crippen molar-refractivity contribution in [2.45, 2.75) is 20.8 Å². The Kier molecular flexibility index (Phi) is 4.76. The zero-order chi connectivity index (χ0) is 12.0. The van der Waals surface area contributed by atoms with Gasteiger partial charge in [-0.3, -0.25) is 0 Å². The van der Waals surface area contributed by atoms with E-state index in [0.29, 0.717) is 37.1 Å². The van der Waals surface area contributed by atoms with E-state index >= 15 is 0 Å². The van der Waals surface area contributed by atoms with Crippen LogP contribution in [0.15, 0.2) is 12.1 Å². The molecule has 0 spiro atoms. The highest BCUT2D eigenvalue weighted by atomic mass is 16.5. The lowest BCUT2D eigenvalue weighted by Gasteiger charge is -2.15. The molecule has 1 aromatic carbocycles. The largest absolute Gasteiger partial charge is 0.508 e. The van der Waals surface area contributed by atoms with E-state index in [0.717, 1.165) is 0 Å². The molecule has 0 aliphatic rings. The summed E-state index contributed by atoms with van der Waals surface area (Å²) in [6.45, 7) is 7.17. The molecule has 0 aliphatic heterocycles. The number of hydrogen-bond donors (Lipinski definition) is 1. The third-order valence-corrected chi connectivity index (χ3v) is 1.89. The predicted octanol–water partition coefficient (Wildman–Crippen LogP) is 2.59. The molecule has 0 unspecified atom stereocenters. The average molecular weight is 226 g/mol. The third-order valence-electron chi connectivity index (χ3n) is 1.89. The van der Waals surface area contributed by atoms with E-state index in [-0.39, 0.29) is 5.75 Å². The quantitative estimate of drug-likeness (QED) is 0.810. The van der Waals surface area contributed by atoms with Gasteiger partial charge in [-0.25, -0.2) is 0 Å². The molecule has 0 amide bonds. The summed E-state index contributed by atoms with van der Waals surface area (Å²) in [5.41, 5.74) is 0. The molecule has 0 saturated carbocycles. The first kappa shape index (κ1) is 12.5. The fraction of sp³-hybridized carbons (Fsp3) is 0.500. The van der Waals surface area contributed by atoms with Crippen molar-refractivity contribution in [3.05, 3.63) is 12.1 Å². The molecular weight excluding hydrogens is 208 g/mol. The molecule has 16 heavy (non-hydrogen) atoms. The van der Waals surface area contributed by atoms with Crippen LogP contribution in [0.4, 0.5) is 0 Å². The molecule has 4 nitrogen and oxygen atoms in total. The Labute approximate surface area is 95.8 Å². The fourth-order valence-electron chi connectivity index (χ4n) is 1.37. The summed E-state index contributed by atoms with van der Waals surface area (Å²) in [6.07, 6.45) is 0. The summed E-state index contributed by atoms with van der Waals surface area (Å²) in [5, 5.41) is 9.52. The van der Waals surface area contributed by atoms with Crippen molar-refractivity contribution >= 4 is 0 Å². The molecule has 90 valence electrons. The summed E-state index contributed by atoms with van der Waals surface area (Å²) >= 11 is 0. The molecule has 0 aromatic heterocycles. The minimum absolute atomic E-state index is 0.107. The molecular formula is C12H18O4. The van der Waals surface area contributed by atoms with Gasteiger partial charge in [0, 0.05) is 12.1 Å². The summed E-state index contributed by atoms with van der Waals surface area (Å²) in [5.74, 6) is 1.67. The van der Waals surface area contributed by atoms with Crippen LogP contribution in [0.25, 0.3) is 0 Å². The first-order valence-electron chi connectivity index (χ1n) is 5.48. The highest BCUT2D eigenvalue weighted by molar-refractivity contribution is 5.55. The number of benzene rings is 1. The lowest BCUT2D eigenvalue weighted by molar-refractivity contribution is 0.258. The number of hydrogen-bond acceptors (Lipinski definition) is 4. The Morgan fingerprint density at radius 3 is 1.69 bits per heavy atom. The third kappa shape index (κ3) is 2.95. The van der Waals surface area contributed by atoms with Gasteiger partial charge in [0.05, 0.1) is 19.8 Å². The van der Waals surface area contributed by atoms with Crippen molar-refractivity contribution in [2.75, 3.05) is 19.8 Å². The van der Waals surface area contributed by atoms with E-state index in [1.807, 2.05) is 20.8 Å². The first-order chi connectivity index (χ1) is 7.72. The monoisotopic (exact) mass is 226 g/mol. The van der Waals surface area contributed by atoms with Gasteiger partial charge < -0.3 is 19.3 Å². The molecule has 0 heterocycles.